The SMILES string of the molecule is O=c1c2sccc2[nH]c(=S)n1CC1CCOC1. The third-order valence-electron chi connectivity index (χ3n) is 3.06. The minimum atomic E-state index is 0.0191. The zero-order valence-corrected chi connectivity index (χ0v) is 10.8. The maximum atomic E-state index is 12.2. The van der Waals surface area contributed by atoms with Gasteiger partial charge in [-0.25, -0.2) is 0 Å². The van der Waals surface area contributed by atoms with E-state index in [0.29, 0.717) is 17.2 Å². The summed E-state index contributed by atoms with van der Waals surface area (Å²) in [5, 5.41) is 1.90. The highest BCUT2D eigenvalue weighted by molar-refractivity contribution is 7.71. The van der Waals surface area contributed by atoms with Crippen LogP contribution in [0.25, 0.3) is 10.2 Å². The molecule has 2 aromatic heterocycles. The molecule has 1 fully saturated rings. The van der Waals surface area contributed by atoms with Gasteiger partial charge in [-0.15, -0.1) is 11.3 Å². The molecule has 1 aliphatic heterocycles. The first-order valence-corrected chi connectivity index (χ1v) is 6.82. The van der Waals surface area contributed by atoms with Crippen LogP contribution < -0.4 is 5.56 Å². The molecule has 6 heteroatoms. The number of hydrogen-bond donors (Lipinski definition) is 1. The van der Waals surface area contributed by atoms with Crippen LogP contribution in [0.15, 0.2) is 16.2 Å². The predicted molar refractivity (Wildman–Crippen MR) is 70.2 cm³/mol. The van der Waals surface area contributed by atoms with Gasteiger partial charge in [0.1, 0.15) is 4.70 Å². The normalized spacial score (nSPS) is 20.1. The van der Waals surface area contributed by atoms with Crippen LogP contribution in [0.4, 0.5) is 0 Å². The Bertz CT molecular complexity index is 649. The van der Waals surface area contributed by atoms with Crippen LogP contribution >= 0.6 is 23.6 Å². The number of nitrogens with one attached hydrogen (secondary N) is 1. The Morgan fingerprint density at radius 1 is 1.65 bits per heavy atom. The number of hydrogen-bond acceptors (Lipinski definition) is 4. The molecule has 0 amide bonds. The summed E-state index contributed by atoms with van der Waals surface area (Å²) >= 11 is 6.69. The van der Waals surface area contributed by atoms with Crippen molar-refractivity contribution in [2.75, 3.05) is 13.2 Å². The molecule has 17 heavy (non-hydrogen) atoms. The number of ether oxygens (including phenoxy) is 1. The third-order valence-corrected chi connectivity index (χ3v) is 4.28. The van der Waals surface area contributed by atoms with E-state index >= 15 is 0 Å². The lowest BCUT2D eigenvalue weighted by molar-refractivity contribution is 0.182. The van der Waals surface area contributed by atoms with Crippen LogP contribution in [0.5, 0.6) is 0 Å². The average molecular weight is 268 g/mol. The van der Waals surface area contributed by atoms with E-state index in [-0.39, 0.29) is 5.56 Å². The number of aromatic amines is 1. The van der Waals surface area contributed by atoms with E-state index in [2.05, 4.69) is 4.98 Å². The van der Waals surface area contributed by atoms with Gasteiger partial charge in [0.25, 0.3) is 5.56 Å². The largest absolute Gasteiger partial charge is 0.381 e. The van der Waals surface area contributed by atoms with Gasteiger partial charge in [-0.2, -0.15) is 0 Å². The molecule has 0 aliphatic carbocycles. The van der Waals surface area contributed by atoms with Gasteiger partial charge in [0.2, 0.25) is 0 Å². The molecule has 1 atom stereocenters. The van der Waals surface area contributed by atoms with Crippen LogP contribution in [0.3, 0.4) is 0 Å². The van der Waals surface area contributed by atoms with Gasteiger partial charge in [0.05, 0.1) is 12.1 Å². The highest BCUT2D eigenvalue weighted by atomic mass is 32.1. The van der Waals surface area contributed by atoms with E-state index in [0.717, 1.165) is 29.9 Å². The highest BCUT2D eigenvalue weighted by Gasteiger charge is 2.18. The Morgan fingerprint density at radius 2 is 2.53 bits per heavy atom. The lowest BCUT2D eigenvalue weighted by atomic mass is 10.1. The minimum absolute atomic E-state index is 0.0191. The molecule has 0 radical (unpaired) electrons. The van der Waals surface area contributed by atoms with Gasteiger partial charge < -0.3 is 9.72 Å². The zero-order chi connectivity index (χ0) is 11.8. The second-order valence-electron chi connectivity index (χ2n) is 4.24. The smallest absolute Gasteiger partial charge is 0.272 e. The van der Waals surface area contributed by atoms with E-state index < -0.39 is 0 Å². The first-order valence-electron chi connectivity index (χ1n) is 5.54. The monoisotopic (exact) mass is 268 g/mol. The Kier molecular flexibility index (Phi) is 2.85. The minimum Gasteiger partial charge on any atom is -0.381 e. The van der Waals surface area contributed by atoms with Crippen molar-refractivity contribution in [3.63, 3.8) is 0 Å². The van der Waals surface area contributed by atoms with E-state index in [1.165, 1.54) is 11.3 Å². The molecule has 1 unspecified atom stereocenters. The van der Waals surface area contributed by atoms with Crippen LogP contribution in [-0.2, 0) is 11.3 Å². The fraction of sp³-hybridized carbons (Fsp3) is 0.455. The van der Waals surface area contributed by atoms with E-state index in [1.807, 2.05) is 11.4 Å². The van der Waals surface area contributed by atoms with Crippen LogP contribution in [0, 0.1) is 10.7 Å². The number of thiophene rings is 1. The molecule has 0 aromatic carbocycles. The van der Waals surface area contributed by atoms with Crippen molar-refractivity contribution in [3.05, 3.63) is 26.6 Å². The summed E-state index contributed by atoms with van der Waals surface area (Å²) in [5.41, 5.74) is 0.856. The van der Waals surface area contributed by atoms with Crippen LogP contribution in [-0.4, -0.2) is 22.8 Å². The molecule has 4 nitrogen and oxygen atoms in total. The lowest BCUT2D eigenvalue weighted by Crippen LogP contribution is -2.25. The summed E-state index contributed by atoms with van der Waals surface area (Å²) in [7, 11) is 0. The zero-order valence-electron chi connectivity index (χ0n) is 9.14. The second kappa shape index (κ2) is 4.36. The van der Waals surface area contributed by atoms with Gasteiger partial charge in [-0.05, 0) is 30.1 Å². The average Bonchev–Trinajstić information content (AvgIpc) is 2.94. The molecule has 0 bridgehead atoms. The van der Waals surface area contributed by atoms with Crippen molar-refractivity contribution in [2.45, 2.75) is 13.0 Å². The standard InChI is InChI=1S/C11H12N2O2S2/c14-10-9-8(2-4-17-9)12-11(16)13(10)5-7-1-3-15-6-7/h2,4,7H,1,3,5-6H2,(H,12,16). The van der Waals surface area contributed by atoms with Crippen LogP contribution in [0.1, 0.15) is 6.42 Å². The summed E-state index contributed by atoms with van der Waals surface area (Å²) in [6.45, 7) is 2.17. The summed E-state index contributed by atoms with van der Waals surface area (Å²) < 4.78 is 8.24. The molecule has 1 aliphatic rings. The maximum absolute atomic E-state index is 12.2. The quantitative estimate of drug-likeness (QED) is 0.849. The van der Waals surface area contributed by atoms with Gasteiger partial charge in [0.15, 0.2) is 4.77 Å². The predicted octanol–water partition coefficient (Wildman–Crippen LogP) is 2.16. The molecule has 0 spiro atoms. The summed E-state index contributed by atoms with van der Waals surface area (Å²) in [6, 6.07) is 1.89. The Labute approximate surface area is 107 Å². The fourth-order valence-corrected chi connectivity index (χ4v) is 3.19. The van der Waals surface area contributed by atoms with Gasteiger partial charge in [-0.3, -0.25) is 9.36 Å². The van der Waals surface area contributed by atoms with Crippen molar-refractivity contribution in [3.8, 4) is 0 Å². The molecular formula is C11H12N2O2S2. The summed E-state index contributed by atoms with van der Waals surface area (Å²) in [5.74, 6) is 0.403. The Morgan fingerprint density at radius 3 is 3.29 bits per heavy atom. The Hall–Kier alpha value is -0.980. The van der Waals surface area contributed by atoms with Gasteiger partial charge in [-0.1, -0.05) is 0 Å². The lowest BCUT2D eigenvalue weighted by Gasteiger charge is -2.10. The van der Waals surface area contributed by atoms with Gasteiger partial charge >= 0.3 is 0 Å². The maximum Gasteiger partial charge on any atom is 0.272 e. The first kappa shape index (κ1) is 11.1. The molecule has 3 rings (SSSR count). The molecule has 90 valence electrons. The third kappa shape index (κ3) is 1.96. The van der Waals surface area contributed by atoms with Crippen molar-refractivity contribution >= 4 is 33.8 Å². The molecule has 2 aromatic rings. The number of fused-ring (bicyclic) bond motifs is 1. The van der Waals surface area contributed by atoms with E-state index in [1.54, 1.807) is 4.57 Å². The second-order valence-corrected chi connectivity index (χ2v) is 5.54. The highest BCUT2D eigenvalue weighted by Crippen LogP contribution is 2.17. The van der Waals surface area contributed by atoms with Crippen molar-refractivity contribution < 1.29 is 4.74 Å². The van der Waals surface area contributed by atoms with E-state index in [4.69, 9.17) is 17.0 Å². The number of rotatable bonds is 2. The van der Waals surface area contributed by atoms with Gasteiger partial charge in [0, 0.05) is 19.1 Å². The number of aromatic nitrogens is 2. The molecule has 1 saturated heterocycles. The van der Waals surface area contributed by atoms with E-state index in [9.17, 15) is 4.79 Å². The molecule has 1 N–H and O–H groups in total. The number of H-pyrrole nitrogens is 1. The fourth-order valence-electron chi connectivity index (χ4n) is 2.12. The molecule has 0 saturated carbocycles. The van der Waals surface area contributed by atoms with Crippen molar-refractivity contribution in [2.24, 2.45) is 5.92 Å². The van der Waals surface area contributed by atoms with Crippen LogP contribution in [0.2, 0.25) is 0 Å². The number of nitrogens with zero attached hydrogens (tertiary/aromatic N) is 1. The summed E-state index contributed by atoms with van der Waals surface area (Å²) in [6.07, 6.45) is 1.00. The molecular weight excluding hydrogens is 256 g/mol. The topological polar surface area (TPSA) is 47.0 Å². The summed E-state index contributed by atoms with van der Waals surface area (Å²) in [4.78, 5) is 15.3. The Balaban J connectivity index is 2.08. The molecule has 3 heterocycles. The van der Waals surface area contributed by atoms with Crippen molar-refractivity contribution in [1.29, 1.82) is 0 Å². The first-order chi connectivity index (χ1) is 8.25. The van der Waals surface area contributed by atoms with Crippen molar-refractivity contribution in [1.82, 2.24) is 9.55 Å².